The zero-order valence-corrected chi connectivity index (χ0v) is 11.4. The Morgan fingerprint density at radius 1 is 1.29 bits per heavy atom. The summed E-state index contributed by atoms with van der Waals surface area (Å²) in [4.78, 5) is 13.1. The lowest BCUT2D eigenvalue weighted by Gasteiger charge is -2.05. The molecule has 0 aromatic carbocycles. The van der Waals surface area contributed by atoms with E-state index < -0.39 is 0 Å². The van der Waals surface area contributed by atoms with Crippen LogP contribution in [0.15, 0.2) is 17.0 Å². The summed E-state index contributed by atoms with van der Waals surface area (Å²) in [6, 6.07) is 0. The van der Waals surface area contributed by atoms with Gasteiger partial charge in [0, 0.05) is 30.9 Å². The monoisotopic (exact) mass is 292 g/mol. The van der Waals surface area contributed by atoms with E-state index in [1.165, 1.54) is 12.8 Å². The van der Waals surface area contributed by atoms with E-state index in [0.717, 1.165) is 27.5 Å². The molecule has 0 bridgehead atoms. The van der Waals surface area contributed by atoms with Gasteiger partial charge in [-0.25, -0.2) is 15.0 Å². The van der Waals surface area contributed by atoms with Crippen molar-refractivity contribution in [1.29, 1.82) is 0 Å². The smallest absolute Gasteiger partial charge is 0.132 e. The van der Waals surface area contributed by atoms with Crippen LogP contribution >= 0.6 is 15.9 Å². The lowest BCUT2D eigenvalue weighted by Crippen LogP contribution is -1.98. The maximum Gasteiger partial charge on any atom is 0.132 e. The van der Waals surface area contributed by atoms with E-state index >= 15 is 0 Å². The Hall–Kier alpha value is -1.23. The molecule has 88 valence electrons. The first kappa shape index (κ1) is 10.9. The maximum atomic E-state index is 4.60. The van der Waals surface area contributed by atoms with Gasteiger partial charge in [0.25, 0.3) is 0 Å². The Bertz CT molecular complexity index is 555. The number of halogens is 1. The molecule has 17 heavy (non-hydrogen) atoms. The molecule has 0 unspecified atom stereocenters. The van der Waals surface area contributed by atoms with Crippen molar-refractivity contribution in [3.63, 3.8) is 0 Å². The Kier molecular flexibility index (Phi) is 2.50. The van der Waals surface area contributed by atoms with E-state index in [2.05, 4.69) is 42.5 Å². The van der Waals surface area contributed by atoms with Gasteiger partial charge < -0.3 is 4.57 Å². The van der Waals surface area contributed by atoms with E-state index in [0.29, 0.717) is 5.92 Å². The molecule has 2 aromatic heterocycles. The average Bonchev–Trinajstić information content (AvgIpc) is 3.09. The summed E-state index contributed by atoms with van der Waals surface area (Å²) in [5.74, 6) is 2.58. The Morgan fingerprint density at radius 3 is 2.53 bits per heavy atom. The Morgan fingerprint density at radius 2 is 1.94 bits per heavy atom. The van der Waals surface area contributed by atoms with E-state index in [9.17, 15) is 0 Å². The standard InChI is InChI=1S/C12H13BrN4/c1-7-14-5-9(6-15-7)10-11(13)16-12(17(10)2)8-3-4-8/h5-6,8H,3-4H2,1-2H3. The minimum atomic E-state index is 0.636. The van der Waals surface area contributed by atoms with E-state index in [-0.39, 0.29) is 0 Å². The van der Waals surface area contributed by atoms with Crippen molar-refractivity contribution in [3.05, 3.63) is 28.6 Å². The summed E-state index contributed by atoms with van der Waals surface area (Å²) in [6.07, 6.45) is 6.20. The highest BCUT2D eigenvalue weighted by Gasteiger charge is 2.30. The van der Waals surface area contributed by atoms with Gasteiger partial charge in [0.15, 0.2) is 0 Å². The lowest BCUT2D eigenvalue weighted by molar-refractivity contribution is 0.803. The summed E-state index contributed by atoms with van der Waals surface area (Å²) in [7, 11) is 2.06. The zero-order valence-electron chi connectivity index (χ0n) is 9.81. The molecule has 0 spiro atoms. The van der Waals surface area contributed by atoms with Gasteiger partial charge in [0.05, 0.1) is 5.69 Å². The summed E-state index contributed by atoms with van der Waals surface area (Å²) < 4.78 is 3.03. The molecule has 2 aromatic rings. The molecule has 0 radical (unpaired) electrons. The first-order valence-corrected chi connectivity index (χ1v) is 6.47. The predicted molar refractivity (Wildman–Crippen MR) is 68.6 cm³/mol. The fraction of sp³-hybridized carbons (Fsp3) is 0.417. The van der Waals surface area contributed by atoms with Crippen molar-refractivity contribution < 1.29 is 0 Å². The molecule has 3 rings (SSSR count). The third-order valence-corrected chi connectivity index (χ3v) is 3.64. The van der Waals surface area contributed by atoms with Crippen LogP contribution in [-0.4, -0.2) is 19.5 Å². The third-order valence-electron chi connectivity index (χ3n) is 3.08. The molecule has 0 N–H and O–H groups in total. The van der Waals surface area contributed by atoms with Crippen molar-refractivity contribution in [2.24, 2.45) is 7.05 Å². The van der Waals surface area contributed by atoms with Crippen LogP contribution in [0.3, 0.4) is 0 Å². The summed E-state index contributed by atoms with van der Waals surface area (Å²) >= 11 is 3.53. The highest BCUT2D eigenvalue weighted by molar-refractivity contribution is 9.10. The van der Waals surface area contributed by atoms with Crippen molar-refractivity contribution in [2.75, 3.05) is 0 Å². The maximum absolute atomic E-state index is 4.60. The van der Waals surface area contributed by atoms with Crippen LogP contribution in [0, 0.1) is 6.92 Å². The van der Waals surface area contributed by atoms with Crippen molar-refractivity contribution in [2.45, 2.75) is 25.7 Å². The van der Waals surface area contributed by atoms with E-state index in [1.54, 1.807) is 0 Å². The molecule has 0 amide bonds. The first-order valence-electron chi connectivity index (χ1n) is 5.68. The average molecular weight is 293 g/mol. The van der Waals surface area contributed by atoms with Crippen molar-refractivity contribution >= 4 is 15.9 Å². The summed E-state index contributed by atoms with van der Waals surface area (Å²) in [5, 5.41) is 0. The van der Waals surface area contributed by atoms with E-state index in [1.807, 2.05) is 19.3 Å². The number of rotatable bonds is 2. The van der Waals surface area contributed by atoms with Gasteiger partial charge in [-0.2, -0.15) is 0 Å². The molecule has 1 saturated carbocycles. The van der Waals surface area contributed by atoms with Crippen LogP contribution < -0.4 is 0 Å². The minimum absolute atomic E-state index is 0.636. The van der Waals surface area contributed by atoms with Gasteiger partial charge in [0.1, 0.15) is 16.3 Å². The highest BCUT2D eigenvalue weighted by Crippen LogP contribution is 2.42. The second-order valence-corrected chi connectivity index (χ2v) is 5.21. The van der Waals surface area contributed by atoms with Crippen molar-refractivity contribution in [3.8, 4) is 11.3 Å². The number of imidazole rings is 1. The van der Waals surface area contributed by atoms with Crippen LogP contribution in [0.1, 0.15) is 30.4 Å². The van der Waals surface area contributed by atoms with Crippen LogP contribution in [0.4, 0.5) is 0 Å². The van der Waals surface area contributed by atoms with Crippen LogP contribution in [-0.2, 0) is 7.05 Å². The van der Waals surface area contributed by atoms with Gasteiger partial charge in [-0.15, -0.1) is 0 Å². The number of aryl methyl sites for hydroxylation is 1. The highest BCUT2D eigenvalue weighted by atomic mass is 79.9. The number of hydrogen-bond acceptors (Lipinski definition) is 3. The lowest BCUT2D eigenvalue weighted by atomic mass is 10.2. The normalized spacial score (nSPS) is 15.2. The molecule has 1 aliphatic rings. The SMILES string of the molecule is Cc1ncc(-c2c(Br)nc(C3CC3)n2C)cn1. The first-order chi connectivity index (χ1) is 8.16. The molecule has 1 aliphatic carbocycles. The molecule has 5 heteroatoms. The molecule has 0 aliphatic heterocycles. The summed E-state index contributed by atoms with van der Waals surface area (Å²) in [6.45, 7) is 1.89. The Labute approximate surface area is 108 Å². The second kappa shape index (κ2) is 3.91. The van der Waals surface area contributed by atoms with Crippen LogP contribution in [0.25, 0.3) is 11.3 Å². The Balaban J connectivity index is 2.10. The number of hydrogen-bond donors (Lipinski definition) is 0. The second-order valence-electron chi connectivity index (χ2n) is 4.46. The number of nitrogens with zero attached hydrogens (tertiary/aromatic N) is 4. The molecule has 0 atom stereocenters. The fourth-order valence-electron chi connectivity index (χ4n) is 2.02. The van der Waals surface area contributed by atoms with Gasteiger partial charge in [-0.05, 0) is 35.7 Å². The van der Waals surface area contributed by atoms with E-state index in [4.69, 9.17) is 0 Å². The molecule has 4 nitrogen and oxygen atoms in total. The predicted octanol–water partition coefficient (Wildman–Crippen LogP) is 2.83. The summed E-state index contributed by atoms with van der Waals surface area (Å²) in [5.41, 5.74) is 2.07. The molecular weight excluding hydrogens is 280 g/mol. The topological polar surface area (TPSA) is 43.6 Å². The fourth-order valence-corrected chi connectivity index (χ4v) is 2.69. The van der Waals surface area contributed by atoms with Gasteiger partial charge in [-0.1, -0.05) is 0 Å². The van der Waals surface area contributed by atoms with Crippen LogP contribution in [0.5, 0.6) is 0 Å². The molecule has 2 heterocycles. The largest absolute Gasteiger partial charge is 0.330 e. The van der Waals surface area contributed by atoms with Crippen molar-refractivity contribution in [1.82, 2.24) is 19.5 Å². The number of aromatic nitrogens is 4. The van der Waals surface area contributed by atoms with Gasteiger partial charge in [0.2, 0.25) is 0 Å². The molecular formula is C12H13BrN4. The molecule has 0 saturated heterocycles. The molecule has 1 fully saturated rings. The minimum Gasteiger partial charge on any atom is -0.330 e. The quantitative estimate of drug-likeness (QED) is 0.855. The van der Waals surface area contributed by atoms with Gasteiger partial charge in [-0.3, -0.25) is 0 Å². The third kappa shape index (κ3) is 1.88. The zero-order chi connectivity index (χ0) is 12.0. The van der Waals surface area contributed by atoms with Crippen LogP contribution in [0.2, 0.25) is 0 Å². The van der Waals surface area contributed by atoms with Gasteiger partial charge >= 0.3 is 0 Å².